The minimum absolute atomic E-state index is 0.311. The van der Waals surface area contributed by atoms with Gasteiger partial charge < -0.3 is 4.57 Å². The van der Waals surface area contributed by atoms with Crippen molar-refractivity contribution in [1.82, 2.24) is 4.57 Å². The maximum absolute atomic E-state index is 15.2. The van der Waals surface area contributed by atoms with E-state index in [1.807, 2.05) is 152 Å². The maximum Gasteiger partial charge on any atom is 0.268 e. The minimum atomic E-state index is -0.412. The molecule has 9 aromatic rings. The number of nitrogens with zero attached hydrogens (tertiary/aromatic N) is 4. The first kappa shape index (κ1) is 34.2. The Morgan fingerprint density at radius 1 is 0.397 bits per heavy atom. The standard InChI is InChI=1S/C52H30N4O2/c53-31-37-17-7-9-19-39(37)35-25-27-46-44(29-35)45-30-36(40-20-10-8-18-38(40)32-54)26-28-47(45)55(46)48-24-12-23-43-49(48)52(58)56(51(43)57)50-41(33-13-3-1-4-14-33)21-11-22-42(50)34-15-5-2-6-16-34/h1-30H. The fourth-order valence-electron chi connectivity index (χ4n) is 8.43. The molecule has 0 radical (unpaired) electrons. The number of rotatable bonds is 6. The Hall–Kier alpha value is -8.32. The van der Waals surface area contributed by atoms with E-state index in [1.54, 1.807) is 18.2 Å². The van der Waals surface area contributed by atoms with E-state index in [0.29, 0.717) is 33.6 Å². The van der Waals surface area contributed by atoms with Crippen LogP contribution in [0.5, 0.6) is 0 Å². The van der Waals surface area contributed by atoms with E-state index in [1.165, 1.54) is 4.90 Å². The molecule has 6 nitrogen and oxygen atoms in total. The molecule has 0 bridgehead atoms. The third-order valence-electron chi connectivity index (χ3n) is 11.0. The molecule has 10 rings (SSSR count). The van der Waals surface area contributed by atoms with E-state index in [4.69, 9.17) is 0 Å². The molecule has 0 aliphatic carbocycles. The van der Waals surface area contributed by atoms with Crippen LogP contribution in [0.3, 0.4) is 0 Å². The van der Waals surface area contributed by atoms with Crippen LogP contribution in [-0.4, -0.2) is 16.4 Å². The number of amides is 2. The minimum Gasteiger partial charge on any atom is -0.308 e. The molecule has 58 heavy (non-hydrogen) atoms. The van der Waals surface area contributed by atoms with Crippen molar-refractivity contribution in [2.24, 2.45) is 0 Å². The van der Waals surface area contributed by atoms with E-state index in [2.05, 4.69) is 28.8 Å². The molecule has 0 unspecified atom stereocenters. The summed E-state index contributed by atoms with van der Waals surface area (Å²) < 4.78 is 2.05. The van der Waals surface area contributed by atoms with E-state index in [9.17, 15) is 15.3 Å². The second-order valence-electron chi connectivity index (χ2n) is 14.2. The van der Waals surface area contributed by atoms with E-state index >= 15 is 4.79 Å². The summed E-state index contributed by atoms with van der Waals surface area (Å²) in [6, 6.07) is 62.8. The number of fused-ring (bicyclic) bond motifs is 4. The zero-order valence-electron chi connectivity index (χ0n) is 30.9. The van der Waals surface area contributed by atoms with Gasteiger partial charge in [-0.25, -0.2) is 4.90 Å². The Morgan fingerprint density at radius 2 is 0.845 bits per heavy atom. The highest BCUT2D eigenvalue weighted by molar-refractivity contribution is 6.37. The van der Waals surface area contributed by atoms with Crippen molar-refractivity contribution in [3.63, 3.8) is 0 Å². The fourth-order valence-corrected chi connectivity index (χ4v) is 8.43. The molecule has 0 N–H and O–H groups in total. The summed E-state index contributed by atoms with van der Waals surface area (Å²) in [4.78, 5) is 31.4. The molecule has 0 saturated heterocycles. The quantitative estimate of drug-likeness (QED) is 0.159. The van der Waals surface area contributed by atoms with Crippen molar-refractivity contribution < 1.29 is 9.59 Å². The summed E-state index contributed by atoms with van der Waals surface area (Å²) in [5, 5.41) is 21.8. The first-order chi connectivity index (χ1) is 28.6. The van der Waals surface area contributed by atoms with Gasteiger partial charge in [0.05, 0.1) is 56.8 Å². The van der Waals surface area contributed by atoms with Gasteiger partial charge in [-0.1, -0.05) is 133 Å². The van der Waals surface area contributed by atoms with Gasteiger partial charge in [0, 0.05) is 21.9 Å². The monoisotopic (exact) mass is 742 g/mol. The van der Waals surface area contributed by atoms with Crippen molar-refractivity contribution in [3.8, 4) is 62.3 Å². The Labute approximate surface area is 334 Å². The SMILES string of the molecule is N#Cc1ccccc1-c1ccc2c(c1)c1cc(-c3ccccc3C#N)ccc1n2-c1cccc2c1C(=O)N(c1c(-c3ccccc3)cccc1-c1ccccc1)C2=O. The summed E-state index contributed by atoms with van der Waals surface area (Å²) in [6.07, 6.45) is 0. The Bertz CT molecular complexity index is 3070. The number of hydrogen-bond donors (Lipinski definition) is 0. The normalized spacial score (nSPS) is 12.1. The number of imide groups is 1. The van der Waals surface area contributed by atoms with Gasteiger partial charge in [0.2, 0.25) is 0 Å². The summed E-state index contributed by atoms with van der Waals surface area (Å²) in [5.74, 6) is -0.806. The van der Waals surface area contributed by atoms with Gasteiger partial charge in [0.25, 0.3) is 11.8 Å². The molecule has 0 spiro atoms. The molecule has 1 aliphatic heterocycles. The Kier molecular flexibility index (Phi) is 8.11. The molecule has 2 amide bonds. The number of hydrogen-bond acceptors (Lipinski definition) is 4. The van der Waals surface area contributed by atoms with E-state index < -0.39 is 11.8 Å². The van der Waals surface area contributed by atoms with Gasteiger partial charge >= 0.3 is 0 Å². The zero-order valence-corrected chi connectivity index (χ0v) is 30.9. The summed E-state index contributed by atoms with van der Waals surface area (Å²) in [5.41, 5.74) is 11.2. The molecule has 2 heterocycles. The highest BCUT2D eigenvalue weighted by atomic mass is 16.2. The number of nitriles is 2. The third kappa shape index (κ3) is 5.33. The lowest BCUT2D eigenvalue weighted by atomic mass is 9.95. The largest absolute Gasteiger partial charge is 0.308 e. The van der Waals surface area contributed by atoms with Crippen LogP contribution in [0.15, 0.2) is 182 Å². The van der Waals surface area contributed by atoms with Crippen LogP contribution in [0, 0.1) is 22.7 Å². The van der Waals surface area contributed by atoms with Gasteiger partial charge in [0.1, 0.15) is 0 Å². The molecule has 270 valence electrons. The smallest absolute Gasteiger partial charge is 0.268 e. The second-order valence-corrected chi connectivity index (χ2v) is 14.2. The van der Waals surface area contributed by atoms with Crippen molar-refractivity contribution in [3.05, 3.63) is 204 Å². The van der Waals surface area contributed by atoms with Crippen molar-refractivity contribution in [1.29, 1.82) is 10.5 Å². The van der Waals surface area contributed by atoms with Gasteiger partial charge in [-0.3, -0.25) is 9.59 Å². The number of carbonyl (C=O) groups excluding carboxylic acids is 2. The predicted molar refractivity (Wildman–Crippen MR) is 230 cm³/mol. The van der Waals surface area contributed by atoms with Crippen molar-refractivity contribution in [2.75, 3.05) is 4.90 Å². The predicted octanol–water partition coefficient (Wildman–Crippen LogP) is 12.0. The van der Waals surface area contributed by atoms with Crippen LogP contribution in [0.2, 0.25) is 0 Å². The van der Waals surface area contributed by atoms with Crippen molar-refractivity contribution >= 4 is 39.3 Å². The van der Waals surface area contributed by atoms with Gasteiger partial charge in [-0.15, -0.1) is 0 Å². The fraction of sp³-hybridized carbons (Fsp3) is 0. The third-order valence-corrected chi connectivity index (χ3v) is 11.0. The number of para-hydroxylation sites is 1. The number of carbonyl (C=O) groups is 2. The van der Waals surface area contributed by atoms with Gasteiger partial charge in [0.15, 0.2) is 0 Å². The molecule has 6 heteroatoms. The molecule has 0 fully saturated rings. The summed E-state index contributed by atoms with van der Waals surface area (Å²) in [6.45, 7) is 0. The average Bonchev–Trinajstić information content (AvgIpc) is 3.75. The van der Waals surface area contributed by atoms with Crippen LogP contribution >= 0.6 is 0 Å². The maximum atomic E-state index is 15.2. The van der Waals surface area contributed by atoms with E-state index in [-0.39, 0.29) is 0 Å². The first-order valence-electron chi connectivity index (χ1n) is 18.9. The highest BCUT2D eigenvalue weighted by Crippen LogP contribution is 2.45. The van der Waals surface area contributed by atoms with Crippen LogP contribution in [0.1, 0.15) is 31.8 Å². The Morgan fingerprint density at radius 3 is 1.36 bits per heavy atom. The van der Waals surface area contributed by atoms with Crippen LogP contribution in [-0.2, 0) is 0 Å². The van der Waals surface area contributed by atoms with Crippen LogP contribution in [0.4, 0.5) is 5.69 Å². The summed E-state index contributed by atoms with van der Waals surface area (Å²) >= 11 is 0. The van der Waals surface area contributed by atoms with E-state index in [0.717, 1.165) is 66.3 Å². The van der Waals surface area contributed by atoms with Crippen LogP contribution in [0.25, 0.3) is 72.0 Å². The average molecular weight is 743 g/mol. The molecule has 0 saturated carbocycles. The lowest BCUT2D eigenvalue weighted by Crippen LogP contribution is -2.30. The molecule has 0 atom stereocenters. The van der Waals surface area contributed by atoms with Crippen molar-refractivity contribution in [2.45, 2.75) is 0 Å². The molecule has 1 aliphatic rings. The molecule has 1 aromatic heterocycles. The number of benzene rings is 8. The second kappa shape index (κ2) is 13.8. The number of aromatic nitrogens is 1. The molecule has 8 aromatic carbocycles. The molecular formula is C52H30N4O2. The topological polar surface area (TPSA) is 89.9 Å². The van der Waals surface area contributed by atoms with Gasteiger partial charge in [-0.05, 0) is 81.9 Å². The van der Waals surface area contributed by atoms with Crippen LogP contribution < -0.4 is 4.90 Å². The first-order valence-corrected chi connectivity index (χ1v) is 18.9. The highest BCUT2D eigenvalue weighted by Gasteiger charge is 2.41. The number of anilines is 1. The molecular weight excluding hydrogens is 713 g/mol. The zero-order chi connectivity index (χ0) is 39.3. The lowest BCUT2D eigenvalue weighted by molar-refractivity contribution is 0.0926. The van der Waals surface area contributed by atoms with Gasteiger partial charge in [-0.2, -0.15) is 10.5 Å². The Balaban J connectivity index is 1.22. The summed E-state index contributed by atoms with van der Waals surface area (Å²) in [7, 11) is 0. The lowest BCUT2D eigenvalue weighted by Gasteiger charge is -2.23.